The van der Waals surface area contributed by atoms with Crippen molar-refractivity contribution in [1.29, 1.82) is 0 Å². The lowest BCUT2D eigenvalue weighted by atomic mass is 10.1. The number of thiocarbonyl (C=S) groups is 1. The second kappa shape index (κ2) is 6.32. The molecule has 3 N–H and O–H groups in total. The number of nitrogens with one attached hydrogen (secondary N) is 2. The van der Waals surface area contributed by atoms with E-state index >= 15 is 0 Å². The molecule has 0 radical (unpaired) electrons. The third-order valence-corrected chi connectivity index (χ3v) is 2.35. The van der Waals surface area contributed by atoms with Crippen LogP contribution in [-0.4, -0.2) is 28.8 Å². The van der Waals surface area contributed by atoms with Crippen LogP contribution in [0.25, 0.3) is 0 Å². The van der Waals surface area contributed by atoms with Crippen molar-refractivity contribution in [2.45, 2.75) is 20.0 Å². The van der Waals surface area contributed by atoms with E-state index < -0.39 is 6.10 Å². The Hall–Kier alpha value is -1.46. The first kappa shape index (κ1) is 13.6. The Morgan fingerprint density at radius 1 is 1.41 bits per heavy atom. The highest BCUT2D eigenvalue weighted by Crippen LogP contribution is 2.02. The minimum atomic E-state index is -0.510. The predicted molar refractivity (Wildman–Crippen MR) is 70.9 cm³/mol. The van der Waals surface area contributed by atoms with Crippen molar-refractivity contribution in [3.8, 4) is 0 Å². The lowest BCUT2D eigenvalue weighted by Crippen LogP contribution is -2.41. The topological polar surface area (TPSA) is 61.4 Å². The highest BCUT2D eigenvalue weighted by molar-refractivity contribution is 7.80. The Labute approximate surface area is 106 Å². The van der Waals surface area contributed by atoms with Gasteiger partial charge in [0.05, 0.1) is 6.10 Å². The van der Waals surface area contributed by atoms with Gasteiger partial charge in [0.25, 0.3) is 5.91 Å². The molecule has 0 aliphatic carbocycles. The number of carbonyl (C=O) groups excluding carboxylic acids is 1. The van der Waals surface area contributed by atoms with Gasteiger partial charge in [-0.3, -0.25) is 10.1 Å². The van der Waals surface area contributed by atoms with Crippen molar-refractivity contribution >= 4 is 23.2 Å². The molecular weight excluding hydrogens is 236 g/mol. The van der Waals surface area contributed by atoms with Gasteiger partial charge in [-0.05, 0) is 38.2 Å². The van der Waals surface area contributed by atoms with Gasteiger partial charge in [0.15, 0.2) is 5.11 Å². The van der Waals surface area contributed by atoms with Crippen LogP contribution < -0.4 is 10.6 Å². The minimum Gasteiger partial charge on any atom is -0.392 e. The predicted octanol–water partition coefficient (Wildman–Crippen LogP) is 0.980. The van der Waals surface area contributed by atoms with E-state index in [0.29, 0.717) is 12.1 Å². The third-order valence-electron chi connectivity index (χ3n) is 2.10. The summed E-state index contributed by atoms with van der Waals surface area (Å²) in [6.07, 6.45) is -0.510. The molecule has 1 aromatic carbocycles. The fourth-order valence-electron chi connectivity index (χ4n) is 1.16. The van der Waals surface area contributed by atoms with E-state index in [9.17, 15) is 4.79 Å². The Kier molecular flexibility index (Phi) is 5.06. The number of hydrogen-bond donors (Lipinski definition) is 3. The maximum Gasteiger partial charge on any atom is 0.257 e. The van der Waals surface area contributed by atoms with Crippen LogP contribution >= 0.6 is 12.2 Å². The maximum atomic E-state index is 11.7. The number of aryl methyl sites for hydroxylation is 1. The molecule has 0 aliphatic heterocycles. The fourth-order valence-corrected chi connectivity index (χ4v) is 1.34. The van der Waals surface area contributed by atoms with Gasteiger partial charge in [0.2, 0.25) is 0 Å². The summed E-state index contributed by atoms with van der Waals surface area (Å²) >= 11 is 4.92. The molecule has 0 fully saturated rings. The zero-order valence-corrected chi connectivity index (χ0v) is 10.7. The first-order chi connectivity index (χ1) is 7.99. The quantitative estimate of drug-likeness (QED) is 0.702. The van der Waals surface area contributed by atoms with Crippen LogP contribution in [0.3, 0.4) is 0 Å². The molecule has 0 spiro atoms. The molecule has 1 unspecified atom stereocenters. The van der Waals surface area contributed by atoms with Crippen molar-refractivity contribution in [3.05, 3.63) is 35.4 Å². The van der Waals surface area contributed by atoms with Gasteiger partial charge < -0.3 is 10.4 Å². The van der Waals surface area contributed by atoms with E-state index in [2.05, 4.69) is 10.6 Å². The molecule has 1 aromatic rings. The molecule has 17 heavy (non-hydrogen) atoms. The maximum absolute atomic E-state index is 11.7. The van der Waals surface area contributed by atoms with Gasteiger partial charge in [-0.25, -0.2) is 0 Å². The number of carbonyl (C=O) groups is 1. The van der Waals surface area contributed by atoms with Gasteiger partial charge in [-0.15, -0.1) is 0 Å². The lowest BCUT2D eigenvalue weighted by molar-refractivity contribution is 0.0976. The molecule has 92 valence electrons. The Morgan fingerprint density at radius 3 is 2.53 bits per heavy atom. The normalized spacial score (nSPS) is 11.7. The Balaban J connectivity index is 2.49. The largest absolute Gasteiger partial charge is 0.392 e. The number of hydrogen-bond acceptors (Lipinski definition) is 3. The lowest BCUT2D eigenvalue weighted by Gasteiger charge is -2.10. The summed E-state index contributed by atoms with van der Waals surface area (Å²) in [5, 5.41) is 14.6. The zero-order valence-electron chi connectivity index (χ0n) is 9.86. The third kappa shape index (κ3) is 4.93. The molecule has 0 saturated heterocycles. The van der Waals surface area contributed by atoms with Crippen LogP contribution in [0.5, 0.6) is 0 Å². The van der Waals surface area contributed by atoms with Gasteiger partial charge in [0.1, 0.15) is 0 Å². The SMILES string of the molecule is Cc1ccc(C(=O)NC(=S)NCC(C)O)cc1. The van der Waals surface area contributed by atoms with Crippen LogP contribution in [0.1, 0.15) is 22.8 Å². The van der Waals surface area contributed by atoms with Gasteiger partial charge >= 0.3 is 0 Å². The smallest absolute Gasteiger partial charge is 0.257 e. The van der Waals surface area contributed by atoms with E-state index in [0.717, 1.165) is 5.56 Å². The van der Waals surface area contributed by atoms with Gasteiger partial charge in [0, 0.05) is 12.1 Å². The van der Waals surface area contributed by atoms with Crippen molar-refractivity contribution in [1.82, 2.24) is 10.6 Å². The minimum absolute atomic E-state index is 0.219. The van der Waals surface area contributed by atoms with Crippen LogP contribution in [0.15, 0.2) is 24.3 Å². The zero-order chi connectivity index (χ0) is 12.8. The fraction of sp³-hybridized carbons (Fsp3) is 0.333. The molecular formula is C12H16N2O2S. The monoisotopic (exact) mass is 252 g/mol. The van der Waals surface area contributed by atoms with E-state index in [1.54, 1.807) is 19.1 Å². The van der Waals surface area contributed by atoms with Crippen LogP contribution in [0, 0.1) is 6.92 Å². The standard InChI is InChI=1S/C12H16N2O2S/c1-8-3-5-10(6-4-8)11(16)14-12(17)13-7-9(2)15/h3-6,9,15H,7H2,1-2H3,(H2,13,14,16,17). The van der Waals surface area contributed by atoms with Crippen molar-refractivity contribution < 1.29 is 9.90 Å². The summed E-state index contributed by atoms with van der Waals surface area (Å²) in [5.41, 5.74) is 1.65. The van der Waals surface area contributed by atoms with E-state index in [4.69, 9.17) is 17.3 Å². The molecule has 0 aromatic heterocycles. The molecule has 0 bridgehead atoms. The number of aliphatic hydroxyl groups is 1. The molecule has 1 amide bonds. The van der Waals surface area contributed by atoms with Gasteiger partial charge in [-0.1, -0.05) is 17.7 Å². The molecule has 4 nitrogen and oxygen atoms in total. The average molecular weight is 252 g/mol. The van der Waals surface area contributed by atoms with Crippen LogP contribution in [0.4, 0.5) is 0 Å². The molecule has 5 heteroatoms. The Bertz CT molecular complexity index is 401. The summed E-state index contributed by atoms with van der Waals surface area (Å²) in [6.45, 7) is 3.90. The number of benzene rings is 1. The summed E-state index contributed by atoms with van der Waals surface area (Å²) in [5.74, 6) is -0.256. The molecule has 1 rings (SSSR count). The Morgan fingerprint density at radius 2 is 2.00 bits per heavy atom. The number of rotatable bonds is 3. The summed E-state index contributed by atoms with van der Waals surface area (Å²) in [7, 11) is 0. The second-order valence-corrected chi connectivity index (χ2v) is 4.29. The molecule has 0 heterocycles. The highest BCUT2D eigenvalue weighted by atomic mass is 32.1. The van der Waals surface area contributed by atoms with Gasteiger partial charge in [-0.2, -0.15) is 0 Å². The number of aliphatic hydroxyl groups excluding tert-OH is 1. The summed E-state index contributed by atoms with van der Waals surface area (Å²) < 4.78 is 0. The highest BCUT2D eigenvalue weighted by Gasteiger charge is 2.07. The average Bonchev–Trinajstić information content (AvgIpc) is 2.27. The first-order valence-corrected chi connectivity index (χ1v) is 5.74. The molecule has 0 aliphatic rings. The number of amides is 1. The van der Waals surface area contributed by atoms with Crippen LogP contribution in [0.2, 0.25) is 0 Å². The van der Waals surface area contributed by atoms with Crippen molar-refractivity contribution in [3.63, 3.8) is 0 Å². The summed E-state index contributed by atoms with van der Waals surface area (Å²) in [4.78, 5) is 11.7. The first-order valence-electron chi connectivity index (χ1n) is 5.33. The van der Waals surface area contributed by atoms with E-state index in [1.807, 2.05) is 19.1 Å². The van der Waals surface area contributed by atoms with E-state index in [1.165, 1.54) is 0 Å². The summed E-state index contributed by atoms with van der Waals surface area (Å²) in [6, 6.07) is 7.20. The van der Waals surface area contributed by atoms with Crippen molar-refractivity contribution in [2.75, 3.05) is 6.54 Å². The van der Waals surface area contributed by atoms with Crippen LogP contribution in [-0.2, 0) is 0 Å². The molecule has 1 atom stereocenters. The van der Waals surface area contributed by atoms with Crippen molar-refractivity contribution in [2.24, 2.45) is 0 Å². The second-order valence-electron chi connectivity index (χ2n) is 3.88. The molecule has 0 saturated carbocycles. The van der Waals surface area contributed by atoms with E-state index in [-0.39, 0.29) is 11.0 Å².